The van der Waals surface area contributed by atoms with Crippen molar-refractivity contribution in [3.63, 3.8) is 0 Å². The van der Waals surface area contributed by atoms with Gasteiger partial charge in [-0.3, -0.25) is 0 Å². The van der Waals surface area contributed by atoms with Crippen LogP contribution >= 0.6 is 0 Å². The maximum Gasteiger partial charge on any atom is 0.0544 e. The molecule has 0 saturated carbocycles. The van der Waals surface area contributed by atoms with Crippen molar-refractivity contribution >= 4 is 0 Å². The zero-order valence-corrected chi connectivity index (χ0v) is 12.6. The molecule has 0 bridgehead atoms. The Morgan fingerprint density at radius 1 is 0.941 bits per heavy atom. The van der Waals surface area contributed by atoms with Gasteiger partial charge in [0.1, 0.15) is 0 Å². The highest BCUT2D eigenvalue weighted by molar-refractivity contribution is 4.78. The summed E-state index contributed by atoms with van der Waals surface area (Å²) in [4.78, 5) is 0. The van der Waals surface area contributed by atoms with E-state index in [1.807, 2.05) is 0 Å². The number of ether oxygens (including phenoxy) is 2. The van der Waals surface area contributed by atoms with Gasteiger partial charge in [-0.15, -0.1) is 0 Å². The van der Waals surface area contributed by atoms with E-state index < -0.39 is 0 Å². The third-order valence-electron chi connectivity index (χ3n) is 3.84. The molecule has 0 aliphatic carbocycles. The van der Waals surface area contributed by atoms with Gasteiger partial charge in [-0.05, 0) is 32.6 Å². The van der Waals surface area contributed by atoms with Crippen molar-refractivity contribution in [1.29, 1.82) is 0 Å². The summed E-state index contributed by atoms with van der Waals surface area (Å²) in [5.74, 6) is 0.809. The molecule has 0 fully saturated rings. The highest BCUT2D eigenvalue weighted by atomic mass is 16.5. The molecule has 1 unspecified atom stereocenters. The molecule has 0 amide bonds. The molecule has 0 aromatic carbocycles. The molecule has 0 aromatic heterocycles. The maximum atomic E-state index is 5.67. The second-order valence-corrected chi connectivity index (χ2v) is 5.18. The lowest BCUT2D eigenvalue weighted by molar-refractivity contribution is -0.0267. The lowest BCUT2D eigenvalue weighted by Gasteiger charge is -2.33. The fraction of sp³-hybridized carbons (Fsp3) is 1.00. The summed E-state index contributed by atoms with van der Waals surface area (Å²) >= 11 is 0. The first kappa shape index (κ1) is 16.9. The summed E-state index contributed by atoms with van der Waals surface area (Å²) in [7, 11) is 0. The van der Waals surface area contributed by atoms with Crippen molar-refractivity contribution in [1.82, 2.24) is 0 Å². The molecule has 104 valence electrons. The van der Waals surface area contributed by atoms with Crippen LogP contribution in [0, 0.1) is 11.3 Å². The Kier molecular flexibility index (Phi) is 9.85. The third kappa shape index (κ3) is 7.05. The molecule has 0 heterocycles. The smallest absolute Gasteiger partial charge is 0.0544 e. The Balaban J connectivity index is 4.31. The Hall–Kier alpha value is -0.0800. The van der Waals surface area contributed by atoms with Gasteiger partial charge >= 0.3 is 0 Å². The van der Waals surface area contributed by atoms with Crippen LogP contribution < -0.4 is 0 Å². The molecule has 0 rings (SSSR count). The van der Waals surface area contributed by atoms with E-state index in [1.165, 1.54) is 19.3 Å². The first-order chi connectivity index (χ1) is 8.14. The van der Waals surface area contributed by atoms with Crippen LogP contribution in [0.4, 0.5) is 0 Å². The van der Waals surface area contributed by atoms with Gasteiger partial charge in [0.05, 0.1) is 13.2 Å². The van der Waals surface area contributed by atoms with Crippen molar-refractivity contribution in [2.24, 2.45) is 11.3 Å². The minimum Gasteiger partial charge on any atom is -0.381 e. The van der Waals surface area contributed by atoms with Crippen LogP contribution in [0.15, 0.2) is 0 Å². The van der Waals surface area contributed by atoms with Gasteiger partial charge in [0.15, 0.2) is 0 Å². The summed E-state index contributed by atoms with van der Waals surface area (Å²) in [5, 5.41) is 0. The van der Waals surface area contributed by atoms with E-state index in [9.17, 15) is 0 Å². The Bertz CT molecular complexity index is 160. The molecule has 0 radical (unpaired) electrons. The predicted octanol–water partition coefficient (Wildman–Crippen LogP) is 4.28. The van der Waals surface area contributed by atoms with Gasteiger partial charge in [0, 0.05) is 18.6 Å². The Morgan fingerprint density at radius 3 is 1.82 bits per heavy atom. The van der Waals surface area contributed by atoms with Gasteiger partial charge in [-0.25, -0.2) is 0 Å². The van der Waals surface area contributed by atoms with Crippen molar-refractivity contribution in [2.45, 2.75) is 60.3 Å². The lowest BCUT2D eigenvalue weighted by atomic mass is 9.80. The molecule has 0 spiro atoms. The predicted molar refractivity (Wildman–Crippen MR) is 74.4 cm³/mol. The molecular weight excluding hydrogens is 212 g/mol. The lowest BCUT2D eigenvalue weighted by Crippen LogP contribution is -2.32. The van der Waals surface area contributed by atoms with Gasteiger partial charge in [0.25, 0.3) is 0 Å². The van der Waals surface area contributed by atoms with Crippen molar-refractivity contribution in [3.8, 4) is 0 Å². The SMILES string of the molecule is CCOCC(CC)(CCC(C)CC)COCC. The highest BCUT2D eigenvalue weighted by Gasteiger charge is 2.29. The molecule has 0 saturated heterocycles. The van der Waals surface area contributed by atoms with Crippen LogP contribution in [0.5, 0.6) is 0 Å². The minimum absolute atomic E-state index is 0.232. The molecule has 0 N–H and O–H groups in total. The number of hydrogen-bond donors (Lipinski definition) is 0. The van der Waals surface area contributed by atoms with Gasteiger partial charge < -0.3 is 9.47 Å². The largest absolute Gasteiger partial charge is 0.381 e. The van der Waals surface area contributed by atoms with Crippen LogP contribution in [0.2, 0.25) is 0 Å². The maximum absolute atomic E-state index is 5.67. The summed E-state index contributed by atoms with van der Waals surface area (Å²) < 4.78 is 11.3. The monoisotopic (exact) mass is 244 g/mol. The first-order valence-electron chi connectivity index (χ1n) is 7.29. The van der Waals surface area contributed by atoms with Crippen molar-refractivity contribution < 1.29 is 9.47 Å². The summed E-state index contributed by atoms with van der Waals surface area (Å²) in [5.41, 5.74) is 0.232. The molecule has 0 aliphatic rings. The zero-order valence-electron chi connectivity index (χ0n) is 12.6. The Labute approximate surface area is 108 Å². The molecule has 1 atom stereocenters. The molecule has 17 heavy (non-hydrogen) atoms. The van der Waals surface area contributed by atoms with Crippen LogP contribution in [-0.2, 0) is 9.47 Å². The number of hydrogen-bond acceptors (Lipinski definition) is 2. The second-order valence-electron chi connectivity index (χ2n) is 5.18. The molecule has 2 heteroatoms. The second kappa shape index (κ2) is 9.90. The third-order valence-corrected chi connectivity index (χ3v) is 3.84. The standard InChI is InChI=1S/C15H32O2/c1-6-14(5)10-11-15(7-2,12-16-8-3)13-17-9-4/h14H,6-13H2,1-5H3. The van der Waals surface area contributed by atoms with Crippen LogP contribution in [0.25, 0.3) is 0 Å². The zero-order chi connectivity index (χ0) is 13.1. The molecule has 2 nitrogen and oxygen atoms in total. The van der Waals surface area contributed by atoms with Crippen molar-refractivity contribution in [3.05, 3.63) is 0 Å². The molecule has 0 aliphatic heterocycles. The van der Waals surface area contributed by atoms with E-state index in [0.717, 1.165) is 38.8 Å². The fourth-order valence-electron chi connectivity index (χ4n) is 1.96. The highest BCUT2D eigenvalue weighted by Crippen LogP contribution is 2.31. The Morgan fingerprint density at radius 2 is 1.47 bits per heavy atom. The van der Waals surface area contributed by atoms with Gasteiger partial charge in [0.2, 0.25) is 0 Å². The summed E-state index contributed by atoms with van der Waals surface area (Å²) in [6.45, 7) is 14.3. The van der Waals surface area contributed by atoms with Crippen LogP contribution in [0.3, 0.4) is 0 Å². The van der Waals surface area contributed by atoms with Gasteiger partial charge in [-0.1, -0.05) is 33.6 Å². The van der Waals surface area contributed by atoms with E-state index in [2.05, 4.69) is 34.6 Å². The quantitative estimate of drug-likeness (QED) is 0.540. The van der Waals surface area contributed by atoms with Crippen molar-refractivity contribution in [2.75, 3.05) is 26.4 Å². The van der Waals surface area contributed by atoms with E-state index in [0.29, 0.717) is 0 Å². The van der Waals surface area contributed by atoms with E-state index >= 15 is 0 Å². The normalized spacial score (nSPS) is 13.9. The average molecular weight is 244 g/mol. The van der Waals surface area contributed by atoms with Crippen LogP contribution in [-0.4, -0.2) is 26.4 Å². The fourth-order valence-corrected chi connectivity index (χ4v) is 1.96. The summed E-state index contributed by atoms with van der Waals surface area (Å²) in [6.07, 6.45) is 4.91. The minimum atomic E-state index is 0.232. The van der Waals surface area contributed by atoms with E-state index in [1.54, 1.807) is 0 Å². The first-order valence-corrected chi connectivity index (χ1v) is 7.29. The topological polar surface area (TPSA) is 18.5 Å². The van der Waals surface area contributed by atoms with E-state index in [4.69, 9.17) is 9.47 Å². The van der Waals surface area contributed by atoms with Gasteiger partial charge in [-0.2, -0.15) is 0 Å². The van der Waals surface area contributed by atoms with Crippen LogP contribution in [0.1, 0.15) is 60.3 Å². The summed E-state index contributed by atoms with van der Waals surface area (Å²) in [6, 6.07) is 0. The van der Waals surface area contributed by atoms with E-state index in [-0.39, 0.29) is 5.41 Å². The molecule has 0 aromatic rings. The average Bonchev–Trinajstić information content (AvgIpc) is 2.38. The molecular formula is C15H32O2. The number of rotatable bonds is 11.